The Morgan fingerprint density at radius 1 is 1.44 bits per heavy atom. The Morgan fingerprint density at radius 3 is 2.62 bits per heavy atom. The molecule has 1 saturated heterocycles. The average molecular weight is 227 g/mol. The van der Waals surface area contributed by atoms with Gasteiger partial charge in [-0.15, -0.1) is 0 Å². The van der Waals surface area contributed by atoms with E-state index in [2.05, 4.69) is 25.7 Å². The van der Waals surface area contributed by atoms with E-state index >= 15 is 0 Å². The maximum Gasteiger partial charge on any atom is 0.306 e. The fraction of sp³-hybridized carbons (Fsp3) is 0.917. The molecule has 0 bridgehead atoms. The van der Waals surface area contributed by atoms with Crippen molar-refractivity contribution in [2.45, 2.75) is 38.8 Å². The number of nitrogens with zero attached hydrogens (tertiary/aromatic N) is 1. The van der Waals surface area contributed by atoms with Crippen molar-refractivity contribution in [1.29, 1.82) is 0 Å². The molecular weight excluding hydrogens is 206 g/mol. The minimum atomic E-state index is -0.665. The zero-order chi connectivity index (χ0) is 11.9. The molecule has 16 heavy (non-hydrogen) atoms. The average Bonchev–Trinajstić information content (AvgIpc) is 2.96. The molecule has 2 fully saturated rings. The number of carboxylic acids is 1. The highest BCUT2D eigenvalue weighted by atomic mass is 16.5. The first kappa shape index (κ1) is 11.9. The molecule has 0 radical (unpaired) electrons. The number of hydrogen-bond donors (Lipinski definition) is 1. The highest BCUT2D eigenvalue weighted by Gasteiger charge is 2.50. The van der Waals surface area contributed by atoms with Crippen molar-refractivity contribution >= 4 is 5.97 Å². The third-order valence-corrected chi connectivity index (χ3v) is 3.68. The summed E-state index contributed by atoms with van der Waals surface area (Å²) < 4.78 is 5.70. The van der Waals surface area contributed by atoms with Crippen LogP contribution < -0.4 is 0 Å². The smallest absolute Gasteiger partial charge is 0.306 e. The number of carbonyl (C=O) groups is 1. The summed E-state index contributed by atoms with van der Waals surface area (Å²) in [5, 5.41) is 8.91. The van der Waals surface area contributed by atoms with Crippen molar-refractivity contribution in [2.24, 2.45) is 11.8 Å². The van der Waals surface area contributed by atoms with Crippen molar-refractivity contribution < 1.29 is 14.6 Å². The fourth-order valence-corrected chi connectivity index (χ4v) is 2.45. The number of morpholine rings is 1. The summed E-state index contributed by atoms with van der Waals surface area (Å²) in [6, 6.07) is 0. The second-order valence-corrected chi connectivity index (χ2v) is 5.87. The summed E-state index contributed by atoms with van der Waals surface area (Å²) in [6.07, 6.45) is 0.909. The first-order valence-corrected chi connectivity index (χ1v) is 5.99. The Kier molecular flexibility index (Phi) is 2.97. The Hall–Kier alpha value is -0.610. The Labute approximate surface area is 96.6 Å². The molecule has 2 aliphatic rings. The minimum Gasteiger partial charge on any atom is -0.481 e. The van der Waals surface area contributed by atoms with Gasteiger partial charge in [-0.2, -0.15) is 0 Å². The Bertz CT molecular complexity index is 284. The van der Waals surface area contributed by atoms with E-state index in [0.29, 0.717) is 0 Å². The standard InChI is InChI=1S/C12H21NO3/c1-12(2,3)13-4-5-16-10(7-13)8-6-9(8)11(14)15/h8-10H,4-7H2,1-3H3,(H,14,15)/t8?,9?,10-/m0/s1. The molecule has 0 aromatic rings. The molecule has 2 unspecified atom stereocenters. The SMILES string of the molecule is CC(C)(C)N1CCO[C@H](C2CC2C(=O)O)C1. The van der Waals surface area contributed by atoms with E-state index in [1.807, 2.05) is 0 Å². The lowest BCUT2D eigenvalue weighted by Crippen LogP contribution is -2.52. The van der Waals surface area contributed by atoms with Crippen LogP contribution in [0.25, 0.3) is 0 Å². The lowest BCUT2D eigenvalue weighted by atomic mass is 10.0. The van der Waals surface area contributed by atoms with Crippen molar-refractivity contribution in [3.8, 4) is 0 Å². The maximum absolute atomic E-state index is 10.8. The molecule has 0 amide bonds. The minimum absolute atomic E-state index is 0.120. The molecule has 0 aromatic heterocycles. The molecule has 1 heterocycles. The number of ether oxygens (including phenoxy) is 1. The van der Waals surface area contributed by atoms with Gasteiger partial charge in [0.1, 0.15) is 0 Å². The van der Waals surface area contributed by atoms with Gasteiger partial charge in [0.05, 0.1) is 18.6 Å². The largest absolute Gasteiger partial charge is 0.481 e. The molecule has 0 aromatic carbocycles. The van der Waals surface area contributed by atoms with Crippen LogP contribution in [0.15, 0.2) is 0 Å². The molecule has 1 N–H and O–H groups in total. The van der Waals surface area contributed by atoms with E-state index in [9.17, 15) is 4.79 Å². The number of rotatable bonds is 2. The molecular formula is C12H21NO3. The topological polar surface area (TPSA) is 49.8 Å². The van der Waals surface area contributed by atoms with Gasteiger partial charge in [0.2, 0.25) is 0 Å². The van der Waals surface area contributed by atoms with Crippen LogP contribution in [0.5, 0.6) is 0 Å². The molecule has 2 rings (SSSR count). The first-order chi connectivity index (χ1) is 7.39. The zero-order valence-corrected chi connectivity index (χ0v) is 10.3. The van der Waals surface area contributed by atoms with Crippen molar-refractivity contribution in [2.75, 3.05) is 19.7 Å². The van der Waals surface area contributed by atoms with Crippen LogP contribution in [0.3, 0.4) is 0 Å². The molecule has 3 atom stereocenters. The van der Waals surface area contributed by atoms with E-state index in [4.69, 9.17) is 9.84 Å². The predicted octanol–water partition coefficient (Wildman–Crippen LogP) is 1.21. The highest BCUT2D eigenvalue weighted by Crippen LogP contribution is 2.43. The van der Waals surface area contributed by atoms with E-state index in [1.165, 1.54) is 0 Å². The van der Waals surface area contributed by atoms with Gasteiger partial charge in [-0.3, -0.25) is 9.69 Å². The number of aliphatic carboxylic acids is 1. The Morgan fingerprint density at radius 2 is 2.12 bits per heavy atom. The van der Waals surface area contributed by atoms with Crippen molar-refractivity contribution in [1.82, 2.24) is 4.90 Å². The van der Waals surface area contributed by atoms with E-state index in [1.54, 1.807) is 0 Å². The van der Waals surface area contributed by atoms with Crippen LogP contribution in [0, 0.1) is 11.8 Å². The van der Waals surface area contributed by atoms with Crippen LogP contribution in [0.2, 0.25) is 0 Å². The van der Waals surface area contributed by atoms with E-state index < -0.39 is 5.97 Å². The highest BCUT2D eigenvalue weighted by molar-refractivity contribution is 5.73. The first-order valence-electron chi connectivity index (χ1n) is 5.99. The van der Waals surface area contributed by atoms with Gasteiger partial charge in [-0.05, 0) is 27.2 Å². The second-order valence-electron chi connectivity index (χ2n) is 5.87. The lowest BCUT2D eigenvalue weighted by Gasteiger charge is -2.41. The quantitative estimate of drug-likeness (QED) is 0.770. The molecule has 1 aliphatic carbocycles. The number of carboxylic acid groups (broad SMARTS) is 1. The molecule has 4 nitrogen and oxygen atoms in total. The van der Waals surface area contributed by atoms with Crippen LogP contribution >= 0.6 is 0 Å². The number of hydrogen-bond acceptors (Lipinski definition) is 3. The third-order valence-electron chi connectivity index (χ3n) is 3.68. The van der Waals surface area contributed by atoms with Gasteiger partial charge in [-0.1, -0.05) is 0 Å². The zero-order valence-electron chi connectivity index (χ0n) is 10.3. The van der Waals surface area contributed by atoms with Crippen LogP contribution in [-0.2, 0) is 9.53 Å². The monoisotopic (exact) mass is 227 g/mol. The summed E-state index contributed by atoms with van der Waals surface area (Å²) in [5.41, 5.74) is 0.148. The lowest BCUT2D eigenvalue weighted by molar-refractivity contribution is -0.140. The summed E-state index contributed by atoms with van der Waals surface area (Å²) in [5.74, 6) is -0.589. The summed E-state index contributed by atoms with van der Waals surface area (Å²) in [7, 11) is 0. The molecule has 1 saturated carbocycles. The molecule has 0 spiro atoms. The summed E-state index contributed by atoms with van der Waals surface area (Å²) in [6.45, 7) is 9.12. The van der Waals surface area contributed by atoms with Crippen LogP contribution in [0.4, 0.5) is 0 Å². The maximum atomic E-state index is 10.8. The van der Waals surface area contributed by atoms with Crippen molar-refractivity contribution in [3.05, 3.63) is 0 Å². The van der Waals surface area contributed by atoms with E-state index in [-0.39, 0.29) is 23.5 Å². The van der Waals surface area contributed by atoms with Gasteiger partial charge < -0.3 is 9.84 Å². The predicted molar refractivity (Wildman–Crippen MR) is 60.3 cm³/mol. The van der Waals surface area contributed by atoms with Gasteiger partial charge in [-0.25, -0.2) is 0 Å². The third kappa shape index (κ3) is 2.38. The fourth-order valence-electron chi connectivity index (χ4n) is 2.45. The van der Waals surface area contributed by atoms with Crippen molar-refractivity contribution in [3.63, 3.8) is 0 Å². The van der Waals surface area contributed by atoms with Gasteiger partial charge in [0, 0.05) is 24.5 Å². The van der Waals surface area contributed by atoms with Gasteiger partial charge in [0.25, 0.3) is 0 Å². The van der Waals surface area contributed by atoms with Gasteiger partial charge >= 0.3 is 5.97 Å². The summed E-state index contributed by atoms with van der Waals surface area (Å²) in [4.78, 5) is 13.2. The normalized spacial score (nSPS) is 36.1. The molecule has 1 aliphatic heterocycles. The second kappa shape index (κ2) is 4.00. The van der Waals surface area contributed by atoms with Crippen LogP contribution in [0.1, 0.15) is 27.2 Å². The van der Waals surface area contributed by atoms with E-state index in [0.717, 1.165) is 26.1 Å². The van der Waals surface area contributed by atoms with Crippen LogP contribution in [-0.4, -0.2) is 47.3 Å². The molecule has 92 valence electrons. The summed E-state index contributed by atoms with van der Waals surface area (Å²) >= 11 is 0. The van der Waals surface area contributed by atoms with Gasteiger partial charge in [0.15, 0.2) is 0 Å². The molecule has 4 heteroatoms. The Balaban J connectivity index is 1.91.